The van der Waals surface area contributed by atoms with E-state index in [1.54, 1.807) is 0 Å². The Morgan fingerprint density at radius 2 is 1.88 bits per heavy atom. The lowest BCUT2D eigenvalue weighted by Crippen LogP contribution is -2.26. The van der Waals surface area contributed by atoms with Gasteiger partial charge in [0.25, 0.3) is 0 Å². The van der Waals surface area contributed by atoms with Gasteiger partial charge in [0, 0.05) is 18.3 Å². The van der Waals surface area contributed by atoms with Crippen LogP contribution in [0.4, 0.5) is 11.8 Å². The molecule has 3 aromatic rings. The van der Waals surface area contributed by atoms with Crippen LogP contribution in [0.25, 0.3) is 16.6 Å². The van der Waals surface area contributed by atoms with Crippen LogP contribution >= 0.6 is 0 Å². The molecule has 2 N–H and O–H groups in total. The van der Waals surface area contributed by atoms with Crippen LogP contribution in [0.3, 0.4) is 0 Å². The lowest BCUT2D eigenvalue weighted by atomic mass is 9.87. The van der Waals surface area contributed by atoms with Crippen LogP contribution in [0.5, 0.6) is 0 Å². The molecule has 1 fully saturated rings. The highest BCUT2D eigenvalue weighted by Gasteiger charge is 2.21. The van der Waals surface area contributed by atoms with Gasteiger partial charge in [0.15, 0.2) is 11.3 Å². The second-order valence-corrected chi connectivity index (χ2v) is 7.52. The Hall–Kier alpha value is -2.37. The van der Waals surface area contributed by atoms with Gasteiger partial charge in [-0.1, -0.05) is 13.0 Å². The Bertz CT molecular complexity index is 876. The standard InChI is InChI=1S/C19H26N6/c1-12(2)20-19-22-16-15-6-4-5-11-25(15)24-17(16)18(23-19)21-14-9-7-13(3)8-10-14/h4-6,11-14H,7-10H2,1-3H3,(H2,20,21,22,23). The predicted octanol–water partition coefficient (Wildman–Crippen LogP) is 4.09. The van der Waals surface area contributed by atoms with E-state index in [1.165, 1.54) is 25.7 Å². The molecule has 3 heterocycles. The van der Waals surface area contributed by atoms with Gasteiger partial charge in [0.05, 0.1) is 5.52 Å². The van der Waals surface area contributed by atoms with Crippen molar-refractivity contribution in [1.29, 1.82) is 0 Å². The van der Waals surface area contributed by atoms with E-state index in [2.05, 4.69) is 31.4 Å². The zero-order valence-electron chi connectivity index (χ0n) is 15.2. The minimum atomic E-state index is 0.280. The fraction of sp³-hybridized carbons (Fsp3) is 0.526. The third-order valence-electron chi connectivity index (χ3n) is 4.95. The van der Waals surface area contributed by atoms with E-state index in [0.29, 0.717) is 12.0 Å². The Labute approximate surface area is 148 Å². The van der Waals surface area contributed by atoms with Crippen molar-refractivity contribution >= 4 is 28.3 Å². The summed E-state index contributed by atoms with van der Waals surface area (Å²) in [6.45, 7) is 6.53. The number of aromatic nitrogens is 4. The lowest BCUT2D eigenvalue weighted by molar-refractivity contribution is 0.361. The van der Waals surface area contributed by atoms with Crippen LogP contribution in [-0.4, -0.2) is 31.7 Å². The number of fused-ring (bicyclic) bond motifs is 3. The number of nitrogens with zero attached hydrogens (tertiary/aromatic N) is 4. The second-order valence-electron chi connectivity index (χ2n) is 7.52. The van der Waals surface area contributed by atoms with Crippen LogP contribution < -0.4 is 10.6 Å². The SMILES string of the molecule is CC1CCC(Nc2nc(NC(C)C)nc3c2nn2ccccc32)CC1. The van der Waals surface area contributed by atoms with Crippen molar-refractivity contribution < 1.29 is 0 Å². The highest BCUT2D eigenvalue weighted by molar-refractivity contribution is 5.97. The molecule has 132 valence electrons. The molecule has 0 saturated heterocycles. The smallest absolute Gasteiger partial charge is 0.225 e. The molecular formula is C19H26N6. The van der Waals surface area contributed by atoms with Crippen LogP contribution in [0.2, 0.25) is 0 Å². The molecule has 1 saturated carbocycles. The Balaban J connectivity index is 1.77. The first-order valence-electron chi connectivity index (χ1n) is 9.28. The summed E-state index contributed by atoms with van der Waals surface area (Å²) in [5, 5.41) is 11.7. The third kappa shape index (κ3) is 3.25. The van der Waals surface area contributed by atoms with Crippen molar-refractivity contribution in [2.75, 3.05) is 10.6 Å². The highest BCUT2D eigenvalue weighted by Crippen LogP contribution is 2.29. The zero-order valence-corrected chi connectivity index (χ0v) is 15.2. The van der Waals surface area contributed by atoms with Gasteiger partial charge in [0.2, 0.25) is 5.95 Å². The molecule has 0 aromatic carbocycles. The van der Waals surface area contributed by atoms with E-state index < -0.39 is 0 Å². The fourth-order valence-electron chi connectivity index (χ4n) is 3.57. The molecule has 4 rings (SSSR count). The first-order chi connectivity index (χ1) is 12.1. The monoisotopic (exact) mass is 338 g/mol. The maximum atomic E-state index is 4.74. The molecular weight excluding hydrogens is 312 g/mol. The molecule has 0 aliphatic heterocycles. The van der Waals surface area contributed by atoms with E-state index in [0.717, 1.165) is 28.3 Å². The summed E-state index contributed by atoms with van der Waals surface area (Å²) >= 11 is 0. The largest absolute Gasteiger partial charge is 0.365 e. The molecule has 25 heavy (non-hydrogen) atoms. The summed E-state index contributed by atoms with van der Waals surface area (Å²) in [6.07, 6.45) is 6.88. The topological polar surface area (TPSA) is 67.1 Å². The molecule has 3 aromatic heterocycles. The van der Waals surface area contributed by atoms with Gasteiger partial charge in [0.1, 0.15) is 5.52 Å². The molecule has 1 aliphatic rings. The van der Waals surface area contributed by atoms with Gasteiger partial charge < -0.3 is 10.6 Å². The minimum absolute atomic E-state index is 0.280. The van der Waals surface area contributed by atoms with Crippen molar-refractivity contribution in [3.63, 3.8) is 0 Å². The van der Waals surface area contributed by atoms with E-state index in [-0.39, 0.29) is 6.04 Å². The Morgan fingerprint density at radius 3 is 2.64 bits per heavy atom. The number of hydrogen-bond acceptors (Lipinski definition) is 5. The van der Waals surface area contributed by atoms with E-state index in [1.807, 2.05) is 28.9 Å². The van der Waals surface area contributed by atoms with Crippen LogP contribution in [0.1, 0.15) is 46.5 Å². The molecule has 0 bridgehead atoms. The summed E-state index contributed by atoms with van der Waals surface area (Å²) in [5.41, 5.74) is 2.75. The van der Waals surface area contributed by atoms with Gasteiger partial charge >= 0.3 is 0 Å². The van der Waals surface area contributed by atoms with Crippen molar-refractivity contribution in [3.05, 3.63) is 24.4 Å². The van der Waals surface area contributed by atoms with E-state index in [4.69, 9.17) is 15.1 Å². The molecule has 0 unspecified atom stereocenters. The average molecular weight is 338 g/mol. The average Bonchev–Trinajstić information content (AvgIpc) is 2.95. The molecule has 6 nitrogen and oxygen atoms in total. The normalized spacial score (nSPS) is 21.1. The van der Waals surface area contributed by atoms with Gasteiger partial charge in [-0.05, 0) is 57.6 Å². The van der Waals surface area contributed by atoms with Gasteiger partial charge in [-0.2, -0.15) is 10.1 Å². The quantitative estimate of drug-likeness (QED) is 0.750. The molecule has 0 spiro atoms. The van der Waals surface area contributed by atoms with Gasteiger partial charge in [-0.15, -0.1) is 0 Å². The van der Waals surface area contributed by atoms with E-state index >= 15 is 0 Å². The predicted molar refractivity (Wildman–Crippen MR) is 102 cm³/mol. The molecule has 6 heteroatoms. The van der Waals surface area contributed by atoms with Crippen molar-refractivity contribution in [3.8, 4) is 0 Å². The molecule has 1 aliphatic carbocycles. The Kier molecular flexibility index (Phi) is 4.19. The third-order valence-corrected chi connectivity index (χ3v) is 4.95. The fourth-order valence-corrected chi connectivity index (χ4v) is 3.57. The minimum Gasteiger partial charge on any atom is -0.365 e. The summed E-state index contributed by atoms with van der Waals surface area (Å²) in [4.78, 5) is 9.46. The number of anilines is 2. The van der Waals surface area contributed by atoms with Crippen molar-refractivity contribution in [2.45, 2.75) is 58.5 Å². The van der Waals surface area contributed by atoms with Crippen LogP contribution in [0, 0.1) is 5.92 Å². The number of pyridine rings is 1. The zero-order chi connectivity index (χ0) is 17.4. The summed E-state index contributed by atoms with van der Waals surface area (Å²) in [7, 11) is 0. The highest BCUT2D eigenvalue weighted by atomic mass is 15.3. The van der Waals surface area contributed by atoms with Crippen LogP contribution in [0.15, 0.2) is 24.4 Å². The van der Waals surface area contributed by atoms with E-state index in [9.17, 15) is 0 Å². The Morgan fingerprint density at radius 1 is 1.08 bits per heavy atom. The first kappa shape index (κ1) is 16.1. The number of nitrogens with one attached hydrogen (secondary N) is 2. The summed E-state index contributed by atoms with van der Waals surface area (Å²) in [6, 6.07) is 6.79. The molecule has 0 atom stereocenters. The van der Waals surface area contributed by atoms with Crippen LogP contribution in [-0.2, 0) is 0 Å². The number of rotatable bonds is 4. The maximum absolute atomic E-state index is 4.74. The summed E-state index contributed by atoms with van der Waals surface area (Å²) in [5.74, 6) is 2.33. The second kappa shape index (κ2) is 6.50. The van der Waals surface area contributed by atoms with Gasteiger partial charge in [-0.3, -0.25) is 0 Å². The van der Waals surface area contributed by atoms with Crippen molar-refractivity contribution in [1.82, 2.24) is 19.6 Å². The molecule has 0 radical (unpaired) electrons. The van der Waals surface area contributed by atoms with Gasteiger partial charge in [-0.25, -0.2) is 9.50 Å². The lowest BCUT2D eigenvalue weighted by Gasteiger charge is -2.27. The van der Waals surface area contributed by atoms with Crippen molar-refractivity contribution in [2.24, 2.45) is 5.92 Å². The summed E-state index contributed by atoms with van der Waals surface area (Å²) < 4.78 is 1.88. The molecule has 0 amide bonds. The first-order valence-corrected chi connectivity index (χ1v) is 9.28. The number of hydrogen-bond donors (Lipinski definition) is 2. The maximum Gasteiger partial charge on any atom is 0.225 e.